The smallest absolute Gasteiger partial charge is 0.307 e. The summed E-state index contributed by atoms with van der Waals surface area (Å²) in [6.45, 7) is -0.348. The van der Waals surface area contributed by atoms with Gasteiger partial charge < -0.3 is 5.32 Å². The fraction of sp³-hybridized carbons (Fsp3) is 0.400. The van der Waals surface area contributed by atoms with Gasteiger partial charge in [-0.15, -0.1) is 0 Å². The van der Waals surface area contributed by atoms with Crippen LogP contribution in [0.15, 0.2) is 36.4 Å². The zero-order valence-electron chi connectivity index (χ0n) is 19.0. The van der Waals surface area contributed by atoms with Gasteiger partial charge in [-0.1, -0.05) is 66.2 Å². The Labute approximate surface area is 223 Å². The first kappa shape index (κ1) is 29.7. The second kappa shape index (κ2) is 11.9. The number of hydrogen-bond donors (Lipinski definition) is 1. The fourth-order valence-electron chi connectivity index (χ4n) is 4.19. The maximum absolute atomic E-state index is 15.0. The van der Waals surface area contributed by atoms with Crippen LogP contribution in [0.1, 0.15) is 65.1 Å². The molecule has 202 valence electrons. The number of allylic oxidation sites excluding steroid dienone is 1. The average molecular weight is 591 g/mol. The van der Waals surface area contributed by atoms with E-state index in [2.05, 4.69) is 5.32 Å². The van der Waals surface area contributed by atoms with Crippen molar-refractivity contribution in [3.05, 3.63) is 73.7 Å². The van der Waals surface area contributed by atoms with E-state index in [1.165, 1.54) is 0 Å². The molecule has 2 aromatic rings. The van der Waals surface area contributed by atoms with Crippen LogP contribution in [0.3, 0.4) is 0 Å². The Bertz CT molecular complexity index is 1150. The highest BCUT2D eigenvalue weighted by molar-refractivity contribution is 6.48. The maximum atomic E-state index is 15.0. The predicted octanol–water partition coefficient (Wildman–Crippen LogP) is 9.43. The molecule has 1 aliphatic carbocycles. The van der Waals surface area contributed by atoms with Gasteiger partial charge in [0.15, 0.2) is 5.78 Å². The van der Waals surface area contributed by atoms with Gasteiger partial charge in [0.05, 0.1) is 27.2 Å². The molecule has 0 aromatic heterocycles. The van der Waals surface area contributed by atoms with E-state index in [0.717, 1.165) is 56.4 Å². The van der Waals surface area contributed by atoms with Gasteiger partial charge in [-0.05, 0) is 42.7 Å². The highest BCUT2D eigenvalue weighted by Gasteiger charge is 2.41. The quantitative estimate of drug-likeness (QED) is 0.198. The van der Waals surface area contributed by atoms with Gasteiger partial charge >= 0.3 is 12.4 Å². The van der Waals surface area contributed by atoms with Crippen LogP contribution in [-0.4, -0.2) is 24.5 Å². The lowest BCUT2D eigenvalue weighted by Crippen LogP contribution is -2.35. The number of benzene rings is 2. The van der Waals surface area contributed by atoms with Crippen LogP contribution in [0.25, 0.3) is 5.83 Å². The molecule has 0 bridgehead atoms. The van der Waals surface area contributed by atoms with E-state index < -0.39 is 52.1 Å². The third-order valence-corrected chi connectivity index (χ3v) is 7.29. The third-order valence-electron chi connectivity index (χ3n) is 6.09. The molecule has 2 aromatic carbocycles. The van der Waals surface area contributed by atoms with Crippen molar-refractivity contribution in [3.8, 4) is 0 Å². The lowest BCUT2D eigenvalue weighted by molar-refractivity contribution is -0.140. The molecule has 0 radical (unpaired) electrons. The maximum Gasteiger partial charge on any atom is 0.417 e. The number of carbonyl (C=O) groups is 1. The van der Waals surface area contributed by atoms with Crippen LogP contribution in [0.4, 0.5) is 30.7 Å². The number of ketones is 1. The second-order valence-corrected chi connectivity index (χ2v) is 9.92. The molecule has 3 rings (SSSR count). The van der Waals surface area contributed by atoms with Crippen molar-refractivity contribution in [2.24, 2.45) is 0 Å². The number of hydrogen-bond acceptors (Lipinski definition) is 2. The predicted molar refractivity (Wildman–Crippen MR) is 130 cm³/mol. The van der Waals surface area contributed by atoms with Crippen LogP contribution < -0.4 is 5.32 Å². The number of Topliss-reactive ketones (excluding diaryl/α,β-unsaturated/α-hetero) is 1. The van der Waals surface area contributed by atoms with Crippen molar-refractivity contribution in [2.75, 3.05) is 6.54 Å². The Morgan fingerprint density at radius 2 is 1.57 bits per heavy atom. The molecule has 37 heavy (non-hydrogen) atoms. The number of alkyl halides is 6. The van der Waals surface area contributed by atoms with Gasteiger partial charge in [-0.25, -0.2) is 4.39 Å². The molecule has 0 spiro atoms. The lowest BCUT2D eigenvalue weighted by atomic mass is 9.94. The lowest BCUT2D eigenvalue weighted by Gasteiger charge is -2.23. The summed E-state index contributed by atoms with van der Waals surface area (Å²) in [6, 6.07) is 3.65. The first-order valence-corrected chi connectivity index (χ1v) is 12.4. The summed E-state index contributed by atoms with van der Waals surface area (Å²) in [4.78, 5) is 12.6. The second-order valence-electron chi connectivity index (χ2n) is 8.73. The van der Waals surface area contributed by atoms with E-state index in [4.69, 9.17) is 34.8 Å². The zero-order chi connectivity index (χ0) is 27.5. The number of nitrogens with one attached hydrogen (secondary N) is 1. The molecule has 12 heteroatoms. The first-order valence-electron chi connectivity index (χ1n) is 11.2. The Hall–Kier alpha value is -1.81. The largest absolute Gasteiger partial charge is 0.417 e. The molecule has 1 saturated carbocycles. The van der Waals surface area contributed by atoms with Gasteiger partial charge in [0, 0.05) is 17.2 Å². The molecule has 1 aliphatic rings. The van der Waals surface area contributed by atoms with Crippen LogP contribution in [-0.2, 0) is 6.18 Å². The number of carbonyl (C=O) groups excluding carboxylic acids is 1. The van der Waals surface area contributed by atoms with Gasteiger partial charge in [0.25, 0.3) is 0 Å². The molecule has 1 atom stereocenters. The fourth-order valence-corrected chi connectivity index (χ4v) is 4.80. The normalized spacial score (nSPS) is 16.6. The zero-order valence-corrected chi connectivity index (χ0v) is 21.3. The Morgan fingerprint density at radius 1 is 0.973 bits per heavy atom. The topological polar surface area (TPSA) is 29.1 Å². The van der Waals surface area contributed by atoms with Gasteiger partial charge in [0.2, 0.25) is 0 Å². The SMILES string of the molecule is O=C(CNC1CCCCC1)c1ccc(/C(F)=C/C(c2cc(Cl)c(Cl)c(Cl)c2)C(F)(F)F)cc1C(F)(F)F. The third kappa shape index (κ3) is 7.62. The van der Waals surface area contributed by atoms with Crippen molar-refractivity contribution in [1.82, 2.24) is 5.32 Å². The Balaban J connectivity index is 1.95. The minimum absolute atomic E-state index is 0.0147. The van der Waals surface area contributed by atoms with E-state index >= 15 is 0 Å². The summed E-state index contributed by atoms with van der Waals surface area (Å²) in [6.07, 6.45) is -5.40. The first-order chi connectivity index (χ1) is 17.2. The van der Waals surface area contributed by atoms with E-state index in [1.807, 2.05) is 0 Å². The van der Waals surface area contributed by atoms with Crippen molar-refractivity contribution >= 4 is 46.4 Å². The molecule has 0 aliphatic heterocycles. The van der Waals surface area contributed by atoms with Gasteiger partial charge in [-0.3, -0.25) is 4.79 Å². The van der Waals surface area contributed by atoms with E-state index in [0.29, 0.717) is 6.07 Å². The van der Waals surface area contributed by atoms with Crippen LogP contribution in [0.2, 0.25) is 15.1 Å². The average Bonchev–Trinajstić information content (AvgIpc) is 2.83. The monoisotopic (exact) mass is 589 g/mol. The summed E-state index contributed by atoms with van der Waals surface area (Å²) in [7, 11) is 0. The minimum Gasteiger partial charge on any atom is -0.307 e. The van der Waals surface area contributed by atoms with Crippen molar-refractivity contribution < 1.29 is 35.5 Å². The van der Waals surface area contributed by atoms with Crippen LogP contribution in [0, 0.1) is 0 Å². The summed E-state index contributed by atoms with van der Waals surface area (Å²) >= 11 is 17.4. The highest BCUT2D eigenvalue weighted by Crippen LogP contribution is 2.42. The van der Waals surface area contributed by atoms with Crippen LogP contribution >= 0.6 is 34.8 Å². The van der Waals surface area contributed by atoms with E-state index in [1.54, 1.807) is 0 Å². The van der Waals surface area contributed by atoms with Gasteiger partial charge in [0.1, 0.15) is 11.7 Å². The number of halogens is 10. The molecule has 1 unspecified atom stereocenters. The summed E-state index contributed by atoms with van der Waals surface area (Å²) in [5.74, 6) is -5.02. The minimum atomic E-state index is -5.05. The number of rotatable bonds is 7. The molecule has 0 saturated heterocycles. The van der Waals surface area contributed by atoms with Crippen molar-refractivity contribution in [2.45, 2.75) is 56.4 Å². The molecule has 0 heterocycles. The molecular formula is C25H21Cl3F7NO. The highest BCUT2D eigenvalue weighted by atomic mass is 35.5. The Morgan fingerprint density at radius 3 is 2.11 bits per heavy atom. The Kier molecular flexibility index (Phi) is 9.59. The molecule has 1 N–H and O–H groups in total. The summed E-state index contributed by atoms with van der Waals surface area (Å²) in [5.41, 5.74) is -3.47. The van der Waals surface area contributed by atoms with E-state index in [-0.39, 0.29) is 33.7 Å². The molecule has 1 fully saturated rings. The van der Waals surface area contributed by atoms with E-state index in [9.17, 15) is 35.5 Å². The molecule has 2 nitrogen and oxygen atoms in total. The molecular weight excluding hydrogens is 570 g/mol. The van der Waals surface area contributed by atoms with Crippen LogP contribution in [0.5, 0.6) is 0 Å². The van der Waals surface area contributed by atoms with Gasteiger partial charge in [-0.2, -0.15) is 26.3 Å². The van der Waals surface area contributed by atoms with Crippen molar-refractivity contribution in [3.63, 3.8) is 0 Å². The summed E-state index contributed by atoms with van der Waals surface area (Å²) < 4.78 is 97.5. The summed E-state index contributed by atoms with van der Waals surface area (Å²) in [5, 5.41) is 2.13. The van der Waals surface area contributed by atoms with Crippen molar-refractivity contribution in [1.29, 1.82) is 0 Å². The molecule has 0 amide bonds. The standard InChI is InChI=1S/C25H21Cl3F7NO/c26-19-9-14(10-20(27)23(19)28)17(24(30,31)32)11-21(29)13-6-7-16(18(8-13)25(33,34)35)22(37)12-36-15-4-2-1-3-5-15/h6-11,15,17,36H,1-5,12H2/b21-11-.